The average Bonchev–Trinajstić information content (AvgIpc) is 3.19. The third-order valence-electron chi connectivity index (χ3n) is 5.94. The fraction of sp³-hybridized carbons (Fsp3) is 0.435. The molecule has 0 fully saturated rings. The van der Waals surface area contributed by atoms with Gasteiger partial charge in [0.05, 0.1) is 47.1 Å². The predicted octanol–water partition coefficient (Wildman–Crippen LogP) is 3.97. The summed E-state index contributed by atoms with van der Waals surface area (Å²) in [6, 6.07) is 5.89. The zero-order chi connectivity index (χ0) is 22.1. The van der Waals surface area contributed by atoms with Crippen molar-refractivity contribution in [3.63, 3.8) is 0 Å². The molecule has 0 aliphatic carbocycles. The number of fused-ring (bicyclic) bond motifs is 2. The summed E-state index contributed by atoms with van der Waals surface area (Å²) in [6.45, 7) is 5.15. The van der Waals surface area contributed by atoms with Crippen LogP contribution >= 0.6 is 15.9 Å². The number of aldehydes is 1. The van der Waals surface area contributed by atoms with E-state index in [1.165, 1.54) is 6.26 Å². The Labute approximate surface area is 189 Å². The maximum absolute atomic E-state index is 13.3. The molecule has 1 aromatic carbocycles. The lowest BCUT2D eigenvalue weighted by atomic mass is 9.83. The van der Waals surface area contributed by atoms with Gasteiger partial charge in [-0.1, -0.05) is 6.92 Å². The Balaban J connectivity index is 1.60. The highest BCUT2D eigenvalue weighted by Gasteiger charge is 2.40. The van der Waals surface area contributed by atoms with E-state index in [1.807, 2.05) is 32.0 Å². The summed E-state index contributed by atoms with van der Waals surface area (Å²) in [5.74, 6) is -0.227. The first-order valence-corrected chi connectivity index (χ1v) is 11.2. The van der Waals surface area contributed by atoms with E-state index < -0.39 is 12.2 Å². The number of benzene rings is 1. The van der Waals surface area contributed by atoms with Crippen LogP contribution < -0.4 is 4.74 Å². The summed E-state index contributed by atoms with van der Waals surface area (Å²) < 4.78 is 17.5. The Morgan fingerprint density at radius 1 is 1.32 bits per heavy atom. The monoisotopic (exact) mass is 488 g/mol. The predicted molar refractivity (Wildman–Crippen MR) is 118 cm³/mol. The van der Waals surface area contributed by atoms with Crippen molar-refractivity contribution < 1.29 is 23.8 Å². The molecule has 3 unspecified atom stereocenters. The molecule has 3 atom stereocenters. The molecule has 2 aliphatic heterocycles. The van der Waals surface area contributed by atoms with Crippen molar-refractivity contribution in [2.24, 2.45) is 11.8 Å². The Bertz CT molecular complexity index is 1050. The fourth-order valence-corrected chi connectivity index (χ4v) is 4.81. The van der Waals surface area contributed by atoms with Gasteiger partial charge in [-0.25, -0.2) is 0 Å². The van der Waals surface area contributed by atoms with Crippen LogP contribution in [-0.2, 0) is 32.2 Å². The van der Waals surface area contributed by atoms with Crippen LogP contribution in [-0.4, -0.2) is 42.1 Å². The molecule has 4 rings (SSSR count). The summed E-state index contributed by atoms with van der Waals surface area (Å²) in [4.78, 5) is 31.7. The molecule has 0 saturated heterocycles. The van der Waals surface area contributed by atoms with Crippen LogP contribution in [0.4, 0.5) is 0 Å². The first-order chi connectivity index (χ1) is 15.0. The number of methoxy groups -OCH3 is 1. The zero-order valence-corrected chi connectivity index (χ0v) is 19.3. The second-order valence-electron chi connectivity index (χ2n) is 7.70. The number of nitrogens with zero attached hydrogens (tertiary/aromatic N) is 2. The minimum absolute atomic E-state index is 0.197. The average molecular weight is 489 g/mol. The van der Waals surface area contributed by atoms with Gasteiger partial charge >= 0.3 is 0 Å². The van der Waals surface area contributed by atoms with Gasteiger partial charge in [0.15, 0.2) is 0 Å². The lowest BCUT2D eigenvalue weighted by Gasteiger charge is -2.35. The molecule has 1 aromatic heterocycles. The molecular formula is C23H25BrN2O5. The van der Waals surface area contributed by atoms with E-state index in [-0.39, 0.29) is 11.8 Å². The molecular weight excluding hydrogens is 464 g/mol. The van der Waals surface area contributed by atoms with Gasteiger partial charge in [0.25, 0.3) is 5.91 Å². The molecule has 3 heterocycles. The van der Waals surface area contributed by atoms with Crippen LogP contribution in [0.2, 0.25) is 0 Å². The summed E-state index contributed by atoms with van der Waals surface area (Å²) in [7, 11) is 1.62. The Morgan fingerprint density at radius 2 is 2.13 bits per heavy atom. The molecule has 0 saturated carbocycles. The van der Waals surface area contributed by atoms with Gasteiger partial charge in [-0.3, -0.25) is 9.78 Å². The van der Waals surface area contributed by atoms with E-state index in [2.05, 4.69) is 15.9 Å². The van der Waals surface area contributed by atoms with Gasteiger partial charge in [-0.15, -0.1) is 0 Å². The third kappa shape index (κ3) is 3.94. The number of ether oxygens (including phenoxy) is 3. The van der Waals surface area contributed by atoms with Crippen molar-refractivity contribution in [1.29, 1.82) is 0 Å². The molecule has 2 aliphatic rings. The molecule has 0 radical (unpaired) electrons. The highest BCUT2D eigenvalue weighted by atomic mass is 79.9. The molecule has 7 nitrogen and oxygen atoms in total. The lowest BCUT2D eigenvalue weighted by Crippen LogP contribution is -2.41. The van der Waals surface area contributed by atoms with Crippen LogP contribution in [0.25, 0.3) is 10.9 Å². The summed E-state index contributed by atoms with van der Waals surface area (Å²) >= 11 is 3.49. The van der Waals surface area contributed by atoms with E-state index in [1.54, 1.807) is 12.0 Å². The smallest absolute Gasteiger partial charge is 0.254 e. The topological polar surface area (TPSA) is 78.0 Å². The maximum Gasteiger partial charge on any atom is 0.254 e. The van der Waals surface area contributed by atoms with Gasteiger partial charge < -0.3 is 23.9 Å². The normalized spacial score (nSPS) is 22.6. The van der Waals surface area contributed by atoms with Crippen molar-refractivity contribution >= 4 is 39.0 Å². The number of halogens is 1. The van der Waals surface area contributed by atoms with Crippen LogP contribution in [0, 0.1) is 11.8 Å². The van der Waals surface area contributed by atoms with Crippen LogP contribution in [0.1, 0.15) is 31.5 Å². The van der Waals surface area contributed by atoms with Crippen LogP contribution in [0.5, 0.6) is 5.75 Å². The van der Waals surface area contributed by atoms with E-state index in [4.69, 9.17) is 19.2 Å². The van der Waals surface area contributed by atoms with Crippen LogP contribution in [0.15, 0.2) is 34.5 Å². The number of carbonyl (C=O) groups excluding carboxylic acids is 2. The summed E-state index contributed by atoms with van der Waals surface area (Å²) in [5.41, 5.74) is 3.05. The number of rotatable bonds is 6. The van der Waals surface area contributed by atoms with E-state index in [9.17, 15) is 9.59 Å². The standard InChI is InChI=1S/C23H25BrN2O5/c1-4-15-16(11-27)17(12-31-23(15)30-5-2)22(28)26-9-14-6-13-7-21(29-3)18(24)8-19(13)25-20(14)10-26/h6-8,11-12,15-16,23H,4-5,9-10H2,1-3H3. The Hall–Kier alpha value is -2.45. The van der Waals surface area contributed by atoms with Crippen molar-refractivity contribution in [2.45, 2.75) is 39.6 Å². The molecule has 0 bridgehead atoms. The van der Waals surface area contributed by atoms with Crippen LogP contribution in [0.3, 0.4) is 0 Å². The Morgan fingerprint density at radius 3 is 2.81 bits per heavy atom. The zero-order valence-electron chi connectivity index (χ0n) is 17.8. The highest BCUT2D eigenvalue weighted by Crippen LogP contribution is 2.36. The first kappa shape index (κ1) is 21.8. The van der Waals surface area contributed by atoms with Gasteiger partial charge in [0, 0.05) is 24.5 Å². The minimum atomic E-state index is -0.557. The summed E-state index contributed by atoms with van der Waals surface area (Å²) in [6.07, 6.45) is 2.40. The largest absolute Gasteiger partial charge is 0.496 e. The number of hydrogen-bond acceptors (Lipinski definition) is 6. The van der Waals surface area contributed by atoms with Gasteiger partial charge in [-0.2, -0.15) is 0 Å². The minimum Gasteiger partial charge on any atom is -0.496 e. The second-order valence-corrected chi connectivity index (χ2v) is 8.56. The molecule has 0 spiro atoms. The Kier molecular flexibility index (Phi) is 6.29. The van der Waals surface area contributed by atoms with E-state index in [0.29, 0.717) is 31.7 Å². The summed E-state index contributed by atoms with van der Waals surface area (Å²) in [5, 5.41) is 0.949. The maximum atomic E-state index is 13.3. The molecule has 31 heavy (non-hydrogen) atoms. The molecule has 0 N–H and O–H groups in total. The van der Waals surface area contributed by atoms with Gasteiger partial charge in [0.2, 0.25) is 6.29 Å². The van der Waals surface area contributed by atoms with E-state index in [0.717, 1.165) is 38.7 Å². The number of aromatic nitrogens is 1. The third-order valence-corrected chi connectivity index (χ3v) is 6.56. The molecule has 8 heteroatoms. The van der Waals surface area contributed by atoms with Gasteiger partial charge in [0.1, 0.15) is 12.0 Å². The number of carbonyl (C=O) groups is 2. The molecule has 1 amide bonds. The van der Waals surface area contributed by atoms with Crippen molar-refractivity contribution in [3.8, 4) is 5.75 Å². The van der Waals surface area contributed by atoms with Crippen molar-refractivity contribution in [3.05, 3.63) is 45.8 Å². The van der Waals surface area contributed by atoms with E-state index >= 15 is 0 Å². The van der Waals surface area contributed by atoms with Gasteiger partial charge in [-0.05, 0) is 53.0 Å². The quantitative estimate of drug-likeness (QED) is 0.572. The number of amides is 1. The highest BCUT2D eigenvalue weighted by molar-refractivity contribution is 9.10. The van der Waals surface area contributed by atoms with Crippen molar-refractivity contribution in [1.82, 2.24) is 9.88 Å². The molecule has 164 valence electrons. The lowest BCUT2D eigenvalue weighted by molar-refractivity contribution is -0.162. The SMILES string of the molecule is CCOC1OC=C(C(=O)N2Cc3cc4cc(OC)c(Br)cc4nc3C2)C(C=O)C1CC. The molecule has 2 aromatic rings. The second kappa shape index (κ2) is 8.96. The first-order valence-electron chi connectivity index (χ1n) is 10.4. The number of pyridine rings is 1. The van der Waals surface area contributed by atoms with Crippen molar-refractivity contribution in [2.75, 3.05) is 13.7 Å². The fourth-order valence-electron chi connectivity index (χ4n) is 4.32. The number of hydrogen-bond donors (Lipinski definition) is 0.